The van der Waals surface area contributed by atoms with Crippen molar-refractivity contribution < 1.29 is 4.79 Å². The van der Waals surface area contributed by atoms with Crippen LogP contribution in [0.1, 0.15) is 25.5 Å². The zero-order valence-electron chi connectivity index (χ0n) is 12.9. The molecule has 5 heteroatoms. The summed E-state index contributed by atoms with van der Waals surface area (Å²) in [4.78, 5) is 21.2. The van der Waals surface area contributed by atoms with Crippen molar-refractivity contribution >= 4 is 22.8 Å². The zero-order valence-corrected chi connectivity index (χ0v) is 12.9. The van der Waals surface area contributed by atoms with Gasteiger partial charge in [-0.15, -0.1) is 0 Å². The molecule has 23 heavy (non-hydrogen) atoms. The van der Waals surface area contributed by atoms with Crippen molar-refractivity contribution in [3.05, 3.63) is 65.6 Å². The molecule has 1 aliphatic heterocycles. The molecule has 0 saturated carbocycles. The number of ketones is 1. The highest BCUT2D eigenvalue weighted by atomic mass is 16.1. The first kappa shape index (κ1) is 13.7. The van der Waals surface area contributed by atoms with E-state index in [0.29, 0.717) is 0 Å². The summed E-state index contributed by atoms with van der Waals surface area (Å²) in [5, 5.41) is 3.27. The van der Waals surface area contributed by atoms with Crippen molar-refractivity contribution in [3.8, 4) is 0 Å². The summed E-state index contributed by atoms with van der Waals surface area (Å²) in [5.74, 6) is 0.801. The van der Waals surface area contributed by atoms with Gasteiger partial charge in [0, 0.05) is 23.7 Å². The lowest BCUT2D eigenvalue weighted by molar-refractivity contribution is -0.114. The predicted octanol–water partition coefficient (Wildman–Crippen LogP) is 3.31. The van der Waals surface area contributed by atoms with Gasteiger partial charge in [-0.25, -0.2) is 4.98 Å². The Morgan fingerprint density at radius 3 is 2.78 bits per heavy atom. The number of anilines is 1. The lowest BCUT2D eigenvalue weighted by atomic mass is 9.93. The largest absolute Gasteiger partial charge is 0.329 e. The molecule has 4 rings (SSSR count). The maximum absolute atomic E-state index is 12.3. The van der Waals surface area contributed by atoms with E-state index in [-0.39, 0.29) is 11.8 Å². The second kappa shape index (κ2) is 5.05. The predicted molar refractivity (Wildman–Crippen MR) is 89.1 cm³/mol. The van der Waals surface area contributed by atoms with Crippen LogP contribution in [0.4, 0.5) is 5.95 Å². The lowest BCUT2D eigenvalue weighted by Crippen LogP contribution is -2.27. The monoisotopic (exact) mass is 304 g/mol. The van der Waals surface area contributed by atoms with Gasteiger partial charge in [0.1, 0.15) is 0 Å². The third kappa shape index (κ3) is 2.04. The molecule has 2 aromatic heterocycles. The van der Waals surface area contributed by atoms with E-state index in [2.05, 4.69) is 19.9 Å². The molecule has 1 aliphatic rings. The molecular formula is C18H16N4O. The third-order valence-corrected chi connectivity index (χ3v) is 4.21. The number of allylic oxidation sites excluding steroid dienone is 2. The first-order chi connectivity index (χ1) is 11.2. The smallest absolute Gasteiger partial charge is 0.209 e. The van der Waals surface area contributed by atoms with E-state index in [1.54, 1.807) is 13.1 Å². The Kier molecular flexibility index (Phi) is 3.01. The highest BCUT2D eigenvalue weighted by Crippen LogP contribution is 2.38. The number of fused-ring (bicyclic) bond motifs is 3. The summed E-state index contributed by atoms with van der Waals surface area (Å²) in [6.07, 6.45) is 3.55. The second-order valence-electron chi connectivity index (χ2n) is 5.70. The van der Waals surface area contributed by atoms with Gasteiger partial charge in [0.05, 0.1) is 17.1 Å². The number of nitrogens with zero attached hydrogens (tertiary/aromatic N) is 3. The molecule has 0 bridgehead atoms. The number of benzene rings is 1. The summed E-state index contributed by atoms with van der Waals surface area (Å²) in [5.41, 5.74) is 4.46. The number of pyridine rings is 1. The number of para-hydroxylation sites is 2. The van der Waals surface area contributed by atoms with Crippen LogP contribution >= 0.6 is 0 Å². The number of rotatable bonds is 2. The van der Waals surface area contributed by atoms with E-state index in [1.807, 2.05) is 49.5 Å². The van der Waals surface area contributed by atoms with Crippen LogP contribution in [0, 0.1) is 0 Å². The summed E-state index contributed by atoms with van der Waals surface area (Å²) in [6, 6.07) is 11.6. The van der Waals surface area contributed by atoms with Gasteiger partial charge in [-0.1, -0.05) is 18.2 Å². The molecule has 5 nitrogen and oxygen atoms in total. The molecule has 1 aromatic carbocycles. The molecule has 3 aromatic rings. The number of hydrogen-bond acceptors (Lipinski definition) is 4. The Morgan fingerprint density at radius 2 is 2.04 bits per heavy atom. The molecule has 0 amide bonds. The highest BCUT2D eigenvalue weighted by Gasteiger charge is 2.32. The first-order valence-electron chi connectivity index (χ1n) is 7.52. The summed E-state index contributed by atoms with van der Waals surface area (Å²) in [6.45, 7) is 3.52. The quantitative estimate of drug-likeness (QED) is 0.789. The zero-order chi connectivity index (χ0) is 16.0. The topological polar surface area (TPSA) is 59.8 Å². The van der Waals surface area contributed by atoms with Gasteiger partial charge >= 0.3 is 0 Å². The average molecular weight is 304 g/mol. The van der Waals surface area contributed by atoms with Crippen LogP contribution in [-0.2, 0) is 4.79 Å². The normalized spacial score (nSPS) is 17.0. The number of nitrogens with one attached hydrogen (secondary N) is 1. The van der Waals surface area contributed by atoms with E-state index in [9.17, 15) is 4.79 Å². The van der Waals surface area contributed by atoms with Gasteiger partial charge in [0.15, 0.2) is 5.78 Å². The minimum atomic E-state index is -0.218. The third-order valence-electron chi connectivity index (χ3n) is 4.21. The Hall–Kier alpha value is -2.95. The molecular weight excluding hydrogens is 288 g/mol. The second-order valence-corrected chi connectivity index (χ2v) is 5.70. The molecule has 0 radical (unpaired) electrons. The van der Waals surface area contributed by atoms with Crippen LogP contribution in [0.25, 0.3) is 11.0 Å². The van der Waals surface area contributed by atoms with Crippen LogP contribution in [0.5, 0.6) is 0 Å². The van der Waals surface area contributed by atoms with Crippen molar-refractivity contribution in [1.29, 1.82) is 0 Å². The number of carbonyl (C=O) groups excluding carboxylic acids is 1. The lowest BCUT2D eigenvalue weighted by Gasteiger charge is -2.29. The van der Waals surface area contributed by atoms with E-state index in [0.717, 1.165) is 33.8 Å². The minimum Gasteiger partial charge on any atom is -0.329 e. The fourth-order valence-corrected chi connectivity index (χ4v) is 3.27. The molecule has 0 saturated heterocycles. The van der Waals surface area contributed by atoms with Crippen LogP contribution < -0.4 is 5.32 Å². The van der Waals surface area contributed by atoms with Crippen LogP contribution in [0.3, 0.4) is 0 Å². The highest BCUT2D eigenvalue weighted by molar-refractivity contribution is 5.97. The number of aromatic nitrogens is 3. The van der Waals surface area contributed by atoms with Crippen LogP contribution in [-0.4, -0.2) is 20.3 Å². The van der Waals surface area contributed by atoms with Gasteiger partial charge in [-0.05, 0) is 37.6 Å². The summed E-state index contributed by atoms with van der Waals surface area (Å²) >= 11 is 0. The van der Waals surface area contributed by atoms with Crippen LogP contribution in [0.2, 0.25) is 0 Å². The molecule has 0 spiro atoms. The molecule has 3 heterocycles. The number of carbonyl (C=O) groups is 1. The van der Waals surface area contributed by atoms with E-state index in [4.69, 9.17) is 0 Å². The maximum Gasteiger partial charge on any atom is 0.209 e. The molecule has 1 N–H and O–H groups in total. The van der Waals surface area contributed by atoms with Gasteiger partial charge in [-0.2, -0.15) is 0 Å². The van der Waals surface area contributed by atoms with Crippen molar-refractivity contribution in [2.45, 2.75) is 19.9 Å². The van der Waals surface area contributed by atoms with Crippen LogP contribution in [0.15, 0.2) is 60.1 Å². The van der Waals surface area contributed by atoms with Gasteiger partial charge in [0.2, 0.25) is 5.95 Å². The average Bonchev–Trinajstić information content (AvgIpc) is 2.91. The first-order valence-corrected chi connectivity index (χ1v) is 7.52. The fourth-order valence-electron chi connectivity index (χ4n) is 3.27. The van der Waals surface area contributed by atoms with Gasteiger partial charge in [0.25, 0.3) is 0 Å². The van der Waals surface area contributed by atoms with Gasteiger partial charge < -0.3 is 5.32 Å². The maximum atomic E-state index is 12.3. The molecule has 1 atom stereocenters. The summed E-state index contributed by atoms with van der Waals surface area (Å²) < 4.78 is 2.08. The number of hydrogen-bond donors (Lipinski definition) is 1. The van der Waals surface area contributed by atoms with Crippen molar-refractivity contribution in [3.63, 3.8) is 0 Å². The number of imidazole rings is 1. The molecule has 114 valence electrons. The van der Waals surface area contributed by atoms with Crippen molar-refractivity contribution in [1.82, 2.24) is 14.5 Å². The van der Waals surface area contributed by atoms with Crippen molar-refractivity contribution in [2.24, 2.45) is 0 Å². The Balaban J connectivity index is 2.05. The molecule has 0 fully saturated rings. The Bertz CT molecular complexity index is 940. The summed E-state index contributed by atoms with van der Waals surface area (Å²) in [7, 11) is 0. The SMILES string of the molecule is CC(=O)C1=C(C)Nc2nc3ccccc3n2C1c1cccnc1. The van der Waals surface area contributed by atoms with E-state index in [1.165, 1.54) is 0 Å². The standard InChI is InChI=1S/C18H16N4O/c1-11-16(12(2)23)17(13-6-5-9-19-10-13)22-15-8-4-3-7-14(15)21-18(22)20-11/h3-10,17H,1-2H3,(H,20,21). The van der Waals surface area contributed by atoms with E-state index >= 15 is 0 Å². The molecule has 0 aliphatic carbocycles. The van der Waals surface area contributed by atoms with E-state index < -0.39 is 0 Å². The Morgan fingerprint density at radius 1 is 1.22 bits per heavy atom. The molecule has 1 unspecified atom stereocenters. The van der Waals surface area contributed by atoms with Gasteiger partial charge in [-0.3, -0.25) is 14.3 Å². The fraction of sp³-hybridized carbons (Fsp3) is 0.167. The minimum absolute atomic E-state index is 0.0484. The number of Topliss-reactive ketones (excluding diaryl/α,β-unsaturated/α-hetero) is 1. The Labute approximate surface area is 133 Å². The van der Waals surface area contributed by atoms with Crippen molar-refractivity contribution in [2.75, 3.05) is 5.32 Å².